The van der Waals surface area contributed by atoms with Gasteiger partial charge in [-0.15, -0.1) is 0 Å². The van der Waals surface area contributed by atoms with Gasteiger partial charge in [0.15, 0.2) is 0 Å². The van der Waals surface area contributed by atoms with Crippen LogP contribution >= 0.6 is 11.6 Å². The first kappa shape index (κ1) is 21.6. The number of aromatic nitrogens is 3. The lowest BCUT2D eigenvalue weighted by Crippen LogP contribution is -2.44. The fourth-order valence-electron chi connectivity index (χ4n) is 5.04. The molecule has 0 saturated heterocycles. The second kappa shape index (κ2) is 8.94. The van der Waals surface area contributed by atoms with Crippen LogP contribution in [0.1, 0.15) is 49.8 Å². The third-order valence-corrected chi connectivity index (χ3v) is 6.76. The Balaban J connectivity index is 1.66. The minimum Gasteiger partial charge on any atom is -0.352 e. The van der Waals surface area contributed by atoms with Crippen LogP contribution in [0.5, 0.6) is 0 Å². The van der Waals surface area contributed by atoms with Crippen molar-refractivity contribution < 1.29 is 4.79 Å². The largest absolute Gasteiger partial charge is 0.352 e. The zero-order chi connectivity index (χ0) is 22.9. The summed E-state index contributed by atoms with van der Waals surface area (Å²) in [5.74, 6) is -0.0708. The van der Waals surface area contributed by atoms with Crippen LogP contribution in [0.15, 0.2) is 59.8 Å². The number of amides is 1. The smallest absolute Gasteiger partial charge is 0.261 e. The molecule has 6 nitrogen and oxygen atoms in total. The summed E-state index contributed by atoms with van der Waals surface area (Å²) in [6.45, 7) is 1.52. The lowest BCUT2D eigenvalue weighted by atomic mass is 9.89. The molecule has 1 fully saturated rings. The third kappa shape index (κ3) is 4.23. The molecule has 1 amide bonds. The average molecular weight is 461 g/mol. The maximum Gasteiger partial charge on any atom is 0.261 e. The molecular weight excluding hydrogens is 436 g/mol. The second-order valence-electron chi connectivity index (χ2n) is 8.76. The highest BCUT2D eigenvalue weighted by molar-refractivity contribution is 6.29. The van der Waals surface area contributed by atoms with Crippen molar-refractivity contribution >= 4 is 39.2 Å². The van der Waals surface area contributed by atoms with E-state index in [-0.39, 0.29) is 23.6 Å². The van der Waals surface area contributed by atoms with Crippen molar-refractivity contribution in [1.29, 1.82) is 0 Å². The van der Waals surface area contributed by atoms with Gasteiger partial charge in [-0.2, -0.15) is 0 Å². The van der Waals surface area contributed by atoms with E-state index < -0.39 is 0 Å². The van der Waals surface area contributed by atoms with E-state index in [0.717, 1.165) is 47.6 Å². The zero-order valence-electron chi connectivity index (χ0n) is 18.4. The Bertz CT molecular complexity index is 1400. The van der Waals surface area contributed by atoms with Crippen molar-refractivity contribution in [2.45, 2.75) is 51.1 Å². The molecule has 1 N–H and O–H groups in total. The Morgan fingerprint density at radius 2 is 1.88 bits per heavy atom. The maximum atomic E-state index is 13.7. The Labute approximate surface area is 196 Å². The highest BCUT2D eigenvalue weighted by Gasteiger charge is 2.28. The van der Waals surface area contributed by atoms with Gasteiger partial charge in [0, 0.05) is 24.5 Å². The van der Waals surface area contributed by atoms with Crippen LogP contribution in [0, 0.1) is 0 Å². The monoisotopic (exact) mass is 460 g/mol. The van der Waals surface area contributed by atoms with E-state index >= 15 is 0 Å². The summed E-state index contributed by atoms with van der Waals surface area (Å²) < 4.78 is 1.73. The zero-order valence-corrected chi connectivity index (χ0v) is 19.2. The topological polar surface area (TPSA) is 76.9 Å². The highest BCUT2D eigenvalue weighted by Crippen LogP contribution is 2.30. The molecule has 0 spiro atoms. The Morgan fingerprint density at radius 1 is 1.09 bits per heavy atom. The molecule has 0 bridgehead atoms. The minimum absolute atomic E-state index is 0.0618. The first-order valence-corrected chi connectivity index (χ1v) is 11.7. The average Bonchev–Trinajstić information content (AvgIpc) is 2.81. The number of hydrogen-bond acceptors (Lipinski definition) is 4. The molecule has 1 aliphatic carbocycles. The van der Waals surface area contributed by atoms with E-state index in [1.165, 1.54) is 6.92 Å². The molecule has 2 aromatic carbocycles. The molecule has 0 aliphatic heterocycles. The fourth-order valence-corrected chi connectivity index (χ4v) is 5.15. The number of halogens is 1. The molecule has 5 rings (SSSR count). The summed E-state index contributed by atoms with van der Waals surface area (Å²) in [5, 5.41) is 6.12. The van der Waals surface area contributed by atoms with Gasteiger partial charge >= 0.3 is 0 Å². The molecule has 2 heterocycles. The summed E-state index contributed by atoms with van der Waals surface area (Å²) in [7, 11) is 0. The molecule has 1 saturated carbocycles. The van der Waals surface area contributed by atoms with Crippen molar-refractivity contribution in [1.82, 2.24) is 19.9 Å². The molecule has 33 heavy (non-hydrogen) atoms. The molecule has 2 unspecified atom stereocenters. The summed E-state index contributed by atoms with van der Waals surface area (Å²) in [6, 6.07) is 13.6. The van der Waals surface area contributed by atoms with E-state index in [0.29, 0.717) is 22.5 Å². The number of hydrogen-bond donors (Lipinski definition) is 1. The second-order valence-corrected chi connectivity index (χ2v) is 9.15. The standard InChI is InChI=1S/C26H25ClN4O2/c1-16(32)30-22-8-4-5-9-23(22)31-15-29-25-20-7-3-2-6-19(20)18(13-21(25)26(31)33)12-17-10-11-24(27)28-14-17/h2-3,6-7,10-11,13-15,22-23H,4-5,8-9,12H2,1H3,(H,30,32). The SMILES string of the molecule is CC(=O)NC1CCCCC1n1cnc2c(cc(Cc3ccc(Cl)nc3)c3ccccc32)c1=O. The van der Waals surface area contributed by atoms with Crippen LogP contribution in [0.3, 0.4) is 0 Å². The van der Waals surface area contributed by atoms with Gasteiger partial charge in [-0.1, -0.05) is 54.8 Å². The van der Waals surface area contributed by atoms with Crippen molar-refractivity contribution in [2.75, 3.05) is 0 Å². The number of carbonyl (C=O) groups is 1. The van der Waals surface area contributed by atoms with E-state index in [2.05, 4.69) is 16.4 Å². The highest BCUT2D eigenvalue weighted by atomic mass is 35.5. The van der Waals surface area contributed by atoms with Crippen LogP contribution in [-0.2, 0) is 11.2 Å². The number of carbonyl (C=O) groups excluding carboxylic acids is 1. The Hall–Kier alpha value is -3.25. The molecule has 1 aliphatic rings. The quantitative estimate of drug-likeness (QED) is 0.350. The number of fused-ring (bicyclic) bond motifs is 3. The van der Waals surface area contributed by atoms with Gasteiger partial charge in [-0.3, -0.25) is 14.2 Å². The van der Waals surface area contributed by atoms with Crippen LogP contribution in [-0.4, -0.2) is 26.5 Å². The number of benzene rings is 2. The Kier molecular flexibility index (Phi) is 5.85. The third-order valence-electron chi connectivity index (χ3n) is 6.54. The Morgan fingerprint density at radius 3 is 2.64 bits per heavy atom. The van der Waals surface area contributed by atoms with Crippen molar-refractivity contribution in [3.8, 4) is 0 Å². The predicted molar refractivity (Wildman–Crippen MR) is 131 cm³/mol. The normalized spacial score (nSPS) is 18.5. The van der Waals surface area contributed by atoms with Gasteiger partial charge in [0.1, 0.15) is 5.15 Å². The summed E-state index contributed by atoms with van der Waals surface area (Å²) >= 11 is 5.95. The van der Waals surface area contributed by atoms with E-state index in [1.807, 2.05) is 30.3 Å². The minimum atomic E-state index is -0.0950. The van der Waals surface area contributed by atoms with E-state index in [9.17, 15) is 9.59 Å². The van der Waals surface area contributed by atoms with Crippen LogP contribution < -0.4 is 10.9 Å². The van der Waals surface area contributed by atoms with Crippen LogP contribution in [0.4, 0.5) is 0 Å². The first-order chi connectivity index (χ1) is 16.0. The summed E-state index contributed by atoms with van der Waals surface area (Å²) in [5.41, 5.74) is 2.70. The first-order valence-electron chi connectivity index (χ1n) is 11.3. The summed E-state index contributed by atoms with van der Waals surface area (Å²) in [4.78, 5) is 34.4. The van der Waals surface area contributed by atoms with E-state index in [4.69, 9.17) is 16.6 Å². The lowest BCUT2D eigenvalue weighted by Gasteiger charge is -2.33. The van der Waals surface area contributed by atoms with Crippen molar-refractivity contribution in [3.63, 3.8) is 0 Å². The van der Waals surface area contributed by atoms with Crippen LogP contribution in [0.25, 0.3) is 21.7 Å². The molecule has 0 radical (unpaired) electrons. The molecule has 2 aromatic heterocycles. The van der Waals surface area contributed by atoms with E-state index in [1.54, 1.807) is 23.2 Å². The number of rotatable bonds is 4. The number of pyridine rings is 1. The van der Waals surface area contributed by atoms with Crippen LogP contribution in [0.2, 0.25) is 5.15 Å². The van der Waals surface area contributed by atoms with Gasteiger partial charge < -0.3 is 5.32 Å². The van der Waals surface area contributed by atoms with Gasteiger partial charge in [0.2, 0.25) is 5.91 Å². The predicted octanol–water partition coefficient (Wildman–Crippen LogP) is 4.81. The molecule has 7 heteroatoms. The summed E-state index contributed by atoms with van der Waals surface area (Å²) in [6.07, 6.45) is 7.83. The van der Waals surface area contributed by atoms with Crippen molar-refractivity contribution in [3.05, 3.63) is 81.6 Å². The molecular formula is C26H25ClN4O2. The molecule has 4 aromatic rings. The lowest BCUT2D eigenvalue weighted by molar-refractivity contribution is -0.120. The van der Waals surface area contributed by atoms with Gasteiger partial charge in [0.05, 0.1) is 23.3 Å². The molecule has 168 valence electrons. The molecule has 2 atom stereocenters. The number of nitrogens with zero attached hydrogens (tertiary/aromatic N) is 3. The fraction of sp³-hybridized carbons (Fsp3) is 0.308. The number of nitrogens with one attached hydrogen (secondary N) is 1. The van der Waals surface area contributed by atoms with Gasteiger partial charge in [-0.05, 0) is 47.9 Å². The van der Waals surface area contributed by atoms with Crippen molar-refractivity contribution in [2.24, 2.45) is 0 Å². The van der Waals surface area contributed by atoms with Gasteiger partial charge in [-0.25, -0.2) is 9.97 Å². The van der Waals surface area contributed by atoms with Gasteiger partial charge in [0.25, 0.3) is 5.56 Å². The maximum absolute atomic E-state index is 13.7.